The zero-order chi connectivity index (χ0) is 19.6. The third kappa shape index (κ3) is 3.67. The van der Waals surface area contributed by atoms with Crippen LogP contribution in [0.3, 0.4) is 0 Å². The summed E-state index contributed by atoms with van der Waals surface area (Å²) in [5.74, 6) is -2.22. The summed E-state index contributed by atoms with van der Waals surface area (Å²) in [5.41, 5.74) is 4.66. The molecule has 8 heteroatoms. The molecule has 0 unspecified atom stereocenters. The van der Waals surface area contributed by atoms with E-state index in [1.807, 2.05) is 6.07 Å². The van der Waals surface area contributed by atoms with Gasteiger partial charge in [0, 0.05) is 6.20 Å². The number of nitrogens with two attached hydrogens (primary N) is 1. The molecule has 136 valence electrons. The van der Waals surface area contributed by atoms with Gasteiger partial charge in [-0.2, -0.15) is 5.26 Å². The number of carbonyl (C=O) groups is 2. The molecule has 7 nitrogen and oxygen atoms in total. The first kappa shape index (κ1) is 19.0. The Kier molecular flexibility index (Phi) is 5.02. The van der Waals surface area contributed by atoms with E-state index in [9.17, 15) is 14.0 Å². The maximum atomic E-state index is 14.4. The van der Waals surface area contributed by atoms with Crippen LogP contribution in [-0.4, -0.2) is 29.2 Å². The van der Waals surface area contributed by atoms with Crippen LogP contribution in [0.2, 0.25) is 0 Å². The highest BCUT2D eigenvalue weighted by atomic mass is 19.1. The van der Waals surface area contributed by atoms with Crippen molar-refractivity contribution in [3.8, 4) is 11.8 Å². The second-order valence-corrected chi connectivity index (χ2v) is 6.45. The molecule has 0 aliphatic carbocycles. The van der Waals surface area contributed by atoms with Crippen molar-refractivity contribution in [1.82, 2.24) is 4.57 Å². The minimum Gasteiger partial charge on any atom is -0.464 e. The standard InChI is InChI=1S/C18H18FN3O4/c1-18(2,3)26-16(23)10-5-6-12(19)13(7-10)22-9-11(8-20)14(21)15(22)17(24)25-4/h5-7,9H,21H2,1-4H3. The van der Waals surface area contributed by atoms with Gasteiger partial charge in [-0.05, 0) is 39.0 Å². The van der Waals surface area contributed by atoms with Gasteiger partial charge in [-0.1, -0.05) is 0 Å². The lowest BCUT2D eigenvalue weighted by atomic mass is 10.1. The first-order valence-corrected chi connectivity index (χ1v) is 7.61. The molecule has 0 fully saturated rings. The molecule has 2 aromatic rings. The molecule has 26 heavy (non-hydrogen) atoms. The topological polar surface area (TPSA) is 107 Å². The van der Waals surface area contributed by atoms with Gasteiger partial charge in [0.25, 0.3) is 0 Å². The van der Waals surface area contributed by atoms with Crippen LogP contribution in [0.25, 0.3) is 5.69 Å². The second kappa shape index (κ2) is 6.88. The zero-order valence-corrected chi connectivity index (χ0v) is 14.8. The molecule has 1 aromatic heterocycles. The van der Waals surface area contributed by atoms with Gasteiger partial charge in [-0.15, -0.1) is 0 Å². The summed E-state index contributed by atoms with van der Waals surface area (Å²) in [5, 5.41) is 9.13. The Morgan fingerprint density at radius 2 is 1.92 bits per heavy atom. The Morgan fingerprint density at radius 1 is 1.27 bits per heavy atom. The number of hydrogen-bond acceptors (Lipinski definition) is 6. The molecule has 2 N–H and O–H groups in total. The number of methoxy groups -OCH3 is 1. The molecule has 0 spiro atoms. The van der Waals surface area contributed by atoms with Crippen molar-refractivity contribution >= 4 is 17.6 Å². The SMILES string of the molecule is COC(=O)c1c(N)c(C#N)cn1-c1cc(C(=O)OC(C)(C)C)ccc1F. The second-order valence-electron chi connectivity index (χ2n) is 6.45. The van der Waals surface area contributed by atoms with Gasteiger partial charge in [0.1, 0.15) is 17.5 Å². The number of benzene rings is 1. The number of halogens is 1. The predicted molar refractivity (Wildman–Crippen MR) is 91.4 cm³/mol. The third-order valence-corrected chi connectivity index (χ3v) is 3.38. The summed E-state index contributed by atoms with van der Waals surface area (Å²) in [6.07, 6.45) is 1.21. The molecule has 0 aliphatic rings. The number of aromatic nitrogens is 1. The zero-order valence-electron chi connectivity index (χ0n) is 14.8. The van der Waals surface area contributed by atoms with E-state index in [0.29, 0.717) is 0 Å². The molecule has 0 aliphatic heterocycles. The fourth-order valence-corrected chi connectivity index (χ4v) is 2.27. The van der Waals surface area contributed by atoms with Crippen LogP contribution in [0, 0.1) is 17.1 Å². The van der Waals surface area contributed by atoms with Gasteiger partial charge in [0.15, 0.2) is 5.69 Å². The van der Waals surface area contributed by atoms with Gasteiger partial charge in [-0.3, -0.25) is 0 Å². The minimum atomic E-state index is -0.842. The van der Waals surface area contributed by atoms with Gasteiger partial charge in [0.2, 0.25) is 0 Å². The number of ether oxygens (including phenoxy) is 2. The monoisotopic (exact) mass is 359 g/mol. The molecular formula is C18H18FN3O4. The number of nitrogens with zero attached hydrogens (tertiary/aromatic N) is 2. The van der Waals surface area contributed by atoms with E-state index >= 15 is 0 Å². The smallest absolute Gasteiger partial charge is 0.357 e. The summed E-state index contributed by atoms with van der Waals surface area (Å²) in [6, 6.07) is 5.38. The van der Waals surface area contributed by atoms with Crippen LogP contribution in [0.5, 0.6) is 0 Å². The van der Waals surface area contributed by atoms with Crippen LogP contribution in [-0.2, 0) is 9.47 Å². The van der Waals surface area contributed by atoms with E-state index in [0.717, 1.165) is 17.7 Å². The lowest BCUT2D eigenvalue weighted by molar-refractivity contribution is 0.00693. The average molecular weight is 359 g/mol. The summed E-state index contributed by atoms with van der Waals surface area (Å²) < 4.78 is 25.4. The molecule has 0 saturated carbocycles. The van der Waals surface area contributed by atoms with E-state index in [2.05, 4.69) is 4.74 Å². The number of hydrogen-bond donors (Lipinski definition) is 1. The van der Waals surface area contributed by atoms with Gasteiger partial charge >= 0.3 is 11.9 Å². The highest BCUT2D eigenvalue weighted by Gasteiger charge is 2.25. The van der Waals surface area contributed by atoms with Crippen LogP contribution in [0.15, 0.2) is 24.4 Å². The Morgan fingerprint density at radius 3 is 2.46 bits per heavy atom. The molecule has 1 aromatic carbocycles. The predicted octanol–water partition coefficient (Wildman–Crippen LogP) is 2.81. The first-order valence-electron chi connectivity index (χ1n) is 7.61. The van der Waals surface area contributed by atoms with E-state index in [-0.39, 0.29) is 28.2 Å². The van der Waals surface area contributed by atoms with Crippen LogP contribution in [0.1, 0.15) is 47.2 Å². The molecule has 0 atom stereocenters. The van der Waals surface area contributed by atoms with E-state index < -0.39 is 23.4 Å². The number of carbonyl (C=O) groups excluding carboxylic acids is 2. The lowest BCUT2D eigenvalue weighted by Crippen LogP contribution is -2.24. The molecule has 2 rings (SSSR count). The summed E-state index contributed by atoms with van der Waals surface area (Å²) in [7, 11) is 1.14. The third-order valence-electron chi connectivity index (χ3n) is 3.38. The Hall–Kier alpha value is -3.34. The number of nitriles is 1. The van der Waals surface area contributed by atoms with Crippen molar-refractivity contribution in [3.63, 3.8) is 0 Å². The minimum absolute atomic E-state index is 0.0209. The quantitative estimate of drug-likeness (QED) is 0.845. The fourth-order valence-electron chi connectivity index (χ4n) is 2.27. The van der Waals surface area contributed by atoms with E-state index in [4.69, 9.17) is 15.7 Å². The lowest BCUT2D eigenvalue weighted by Gasteiger charge is -2.20. The molecule has 0 amide bonds. The normalized spacial score (nSPS) is 10.9. The summed E-state index contributed by atoms with van der Waals surface area (Å²) in [4.78, 5) is 24.3. The number of nitrogen functional groups attached to an aromatic ring is 1. The van der Waals surface area contributed by atoms with Gasteiger partial charge < -0.3 is 19.8 Å². The first-order chi connectivity index (χ1) is 12.1. The van der Waals surface area contributed by atoms with Crippen molar-refractivity contribution in [2.75, 3.05) is 12.8 Å². The highest BCUT2D eigenvalue weighted by Crippen LogP contribution is 2.27. The number of anilines is 1. The van der Waals surface area contributed by atoms with E-state index in [1.54, 1.807) is 20.8 Å². The van der Waals surface area contributed by atoms with Gasteiger partial charge in [0.05, 0.1) is 29.6 Å². The molecule has 0 bridgehead atoms. The Bertz CT molecular complexity index is 920. The Balaban J connectivity index is 2.63. The number of esters is 2. The van der Waals surface area contributed by atoms with Crippen molar-refractivity contribution in [2.45, 2.75) is 26.4 Å². The Labute approximate surface area is 149 Å². The van der Waals surface area contributed by atoms with E-state index in [1.165, 1.54) is 18.3 Å². The van der Waals surface area contributed by atoms with Crippen molar-refractivity contribution in [3.05, 3.63) is 47.0 Å². The highest BCUT2D eigenvalue weighted by molar-refractivity contribution is 5.96. The molecular weight excluding hydrogens is 341 g/mol. The average Bonchev–Trinajstić information content (AvgIpc) is 2.89. The van der Waals surface area contributed by atoms with Crippen molar-refractivity contribution in [2.24, 2.45) is 0 Å². The summed E-state index contributed by atoms with van der Waals surface area (Å²) >= 11 is 0. The maximum absolute atomic E-state index is 14.4. The number of rotatable bonds is 3. The maximum Gasteiger partial charge on any atom is 0.357 e. The van der Waals surface area contributed by atoms with Crippen LogP contribution < -0.4 is 5.73 Å². The van der Waals surface area contributed by atoms with Crippen LogP contribution in [0.4, 0.5) is 10.1 Å². The molecule has 0 saturated heterocycles. The van der Waals surface area contributed by atoms with Crippen molar-refractivity contribution in [1.29, 1.82) is 5.26 Å². The van der Waals surface area contributed by atoms with Crippen LogP contribution >= 0.6 is 0 Å². The summed E-state index contributed by atoms with van der Waals surface area (Å²) in [6.45, 7) is 5.11. The van der Waals surface area contributed by atoms with Gasteiger partial charge in [-0.25, -0.2) is 14.0 Å². The molecule has 0 radical (unpaired) electrons. The largest absolute Gasteiger partial charge is 0.464 e. The fraction of sp³-hybridized carbons (Fsp3) is 0.278. The molecule has 1 heterocycles. The van der Waals surface area contributed by atoms with Crippen molar-refractivity contribution < 1.29 is 23.5 Å².